The molecule has 5 heteroatoms. The van der Waals surface area contributed by atoms with E-state index in [2.05, 4.69) is 19.2 Å². The van der Waals surface area contributed by atoms with E-state index in [1.165, 1.54) is 0 Å². The van der Waals surface area contributed by atoms with Crippen LogP contribution in [-0.2, 0) is 16.0 Å². The highest BCUT2D eigenvalue weighted by molar-refractivity contribution is 5.85. The number of hydrogen-bond acceptors (Lipinski definition) is 3. The fraction of sp³-hybridized carbons (Fsp3) is 0.529. The highest BCUT2D eigenvalue weighted by Gasteiger charge is 2.23. The first-order valence-electron chi connectivity index (χ1n) is 7.53. The van der Waals surface area contributed by atoms with Gasteiger partial charge in [-0.15, -0.1) is 0 Å². The Balaban J connectivity index is 2.55. The summed E-state index contributed by atoms with van der Waals surface area (Å²) in [5, 5.41) is 11.6. The lowest BCUT2D eigenvalue weighted by molar-refractivity contribution is -0.143. The maximum absolute atomic E-state index is 11.9. The first-order valence-corrected chi connectivity index (χ1v) is 7.53. The highest BCUT2D eigenvalue weighted by Crippen LogP contribution is 2.14. The van der Waals surface area contributed by atoms with Gasteiger partial charge in [-0.05, 0) is 29.5 Å². The predicted molar refractivity (Wildman–Crippen MR) is 84.9 cm³/mol. The van der Waals surface area contributed by atoms with Crippen molar-refractivity contribution in [2.75, 3.05) is 6.61 Å². The molecule has 0 aliphatic carbocycles. The Bertz CT molecular complexity index is 494. The van der Waals surface area contributed by atoms with Crippen LogP contribution in [0.25, 0.3) is 0 Å². The van der Waals surface area contributed by atoms with Crippen molar-refractivity contribution in [2.24, 2.45) is 11.8 Å². The zero-order valence-corrected chi connectivity index (χ0v) is 13.6. The molecule has 0 radical (unpaired) electrons. The quantitative estimate of drug-likeness (QED) is 0.773. The summed E-state index contributed by atoms with van der Waals surface area (Å²) in [5.41, 5.74) is 0.822. The summed E-state index contributed by atoms with van der Waals surface area (Å²) in [4.78, 5) is 23.0. The van der Waals surface area contributed by atoms with Crippen LogP contribution in [0.1, 0.15) is 33.3 Å². The van der Waals surface area contributed by atoms with E-state index in [1.807, 2.05) is 24.3 Å². The molecule has 0 unspecified atom stereocenters. The number of rotatable bonds is 8. The van der Waals surface area contributed by atoms with Crippen LogP contribution in [0, 0.1) is 11.8 Å². The number of aliphatic carboxylic acids is 1. The number of carbonyl (C=O) groups excluding carboxylic acids is 1. The zero-order valence-electron chi connectivity index (χ0n) is 13.6. The number of carboxylic acids is 1. The van der Waals surface area contributed by atoms with Crippen molar-refractivity contribution in [3.63, 3.8) is 0 Å². The fourth-order valence-corrected chi connectivity index (χ4v) is 1.89. The Hall–Kier alpha value is -2.04. The number of benzene rings is 1. The van der Waals surface area contributed by atoms with Crippen molar-refractivity contribution in [3.05, 3.63) is 29.8 Å². The predicted octanol–water partition coefficient (Wildman–Crippen LogP) is 2.49. The molecule has 0 aromatic heterocycles. The normalized spacial score (nSPS) is 12.3. The summed E-state index contributed by atoms with van der Waals surface area (Å²) >= 11 is 0. The Morgan fingerprint density at radius 2 is 1.73 bits per heavy atom. The average molecular weight is 307 g/mol. The van der Waals surface area contributed by atoms with E-state index in [9.17, 15) is 9.59 Å². The van der Waals surface area contributed by atoms with Crippen LogP contribution in [0.4, 0.5) is 0 Å². The molecule has 0 bridgehead atoms. The molecule has 0 fully saturated rings. The molecule has 1 aromatic carbocycles. The molecular weight excluding hydrogens is 282 g/mol. The summed E-state index contributed by atoms with van der Waals surface area (Å²) in [7, 11) is 0. The molecule has 1 amide bonds. The van der Waals surface area contributed by atoms with E-state index in [0.717, 1.165) is 11.3 Å². The minimum atomic E-state index is -1.01. The molecule has 0 saturated heterocycles. The Morgan fingerprint density at radius 3 is 2.18 bits per heavy atom. The van der Waals surface area contributed by atoms with Crippen LogP contribution in [0.5, 0.6) is 5.75 Å². The van der Waals surface area contributed by atoms with Crippen LogP contribution in [0.15, 0.2) is 24.3 Å². The molecule has 2 N–H and O–H groups in total. The van der Waals surface area contributed by atoms with Gasteiger partial charge in [0.1, 0.15) is 11.8 Å². The van der Waals surface area contributed by atoms with Crippen molar-refractivity contribution in [2.45, 2.75) is 40.2 Å². The highest BCUT2D eigenvalue weighted by atomic mass is 16.5. The molecule has 122 valence electrons. The van der Waals surface area contributed by atoms with Crippen LogP contribution in [0.2, 0.25) is 0 Å². The first-order chi connectivity index (χ1) is 10.3. The maximum atomic E-state index is 11.9. The molecule has 0 aliphatic rings. The second kappa shape index (κ2) is 8.41. The van der Waals surface area contributed by atoms with Gasteiger partial charge >= 0.3 is 5.97 Å². The molecule has 5 nitrogen and oxygen atoms in total. The van der Waals surface area contributed by atoms with E-state index < -0.39 is 12.0 Å². The molecule has 0 spiro atoms. The molecule has 1 atom stereocenters. The zero-order chi connectivity index (χ0) is 16.7. The lowest BCUT2D eigenvalue weighted by atomic mass is 10.0. The van der Waals surface area contributed by atoms with E-state index in [4.69, 9.17) is 9.84 Å². The van der Waals surface area contributed by atoms with Crippen molar-refractivity contribution in [1.29, 1.82) is 0 Å². The molecule has 22 heavy (non-hydrogen) atoms. The van der Waals surface area contributed by atoms with Crippen LogP contribution < -0.4 is 10.1 Å². The second-order valence-electron chi connectivity index (χ2n) is 6.15. The average Bonchev–Trinajstić information content (AvgIpc) is 2.43. The van der Waals surface area contributed by atoms with Crippen LogP contribution in [0.3, 0.4) is 0 Å². The molecule has 1 aromatic rings. The summed E-state index contributed by atoms with van der Waals surface area (Å²) in [5.74, 6) is -0.246. The molecular formula is C17H25NO4. The van der Waals surface area contributed by atoms with Gasteiger partial charge in [0.25, 0.3) is 0 Å². The summed E-state index contributed by atoms with van der Waals surface area (Å²) in [6.07, 6.45) is 0.154. The minimum absolute atomic E-state index is 0.154. The third kappa shape index (κ3) is 6.16. The Kier molecular flexibility index (Phi) is 6.89. The number of carbonyl (C=O) groups is 2. The van der Waals surface area contributed by atoms with Gasteiger partial charge in [0.05, 0.1) is 13.0 Å². The van der Waals surface area contributed by atoms with Gasteiger partial charge < -0.3 is 15.2 Å². The van der Waals surface area contributed by atoms with E-state index in [1.54, 1.807) is 13.8 Å². The number of amides is 1. The van der Waals surface area contributed by atoms with Gasteiger partial charge in [0.15, 0.2) is 0 Å². The van der Waals surface area contributed by atoms with Crippen LogP contribution in [-0.4, -0.2) is 29.6 Å². The summed E-state index contributed by atoms with van der Waals surface area (Å²) in [6.45, 7) is 8.33. The molecule has 1 rings (SSSR count). The monoisotopic (exact) mass is 307 g/mol. The minimum Gasteiger partial charge on any atom is -0.493 e. The number of carboxylic acid groups (broad SMARTS) is 1. The van der Waals surface area contributed by atoms with Gasteiger partial charge in [-0.25, -0.2) is 4.79 Å². The van der Waals surface area contributed by atoms with Gasteiger partial charge in [-0.1, -0.05) is 39.8 Å². The number of nitrogens with one attached hydrogen (secondary N) is 1. The SMILES string of the molecule is CC(C)COc1ccc(CC(=O)N[C@H](C(=O)O)C(C)C)cc1. The van der Waals surface area contributed by atoms with E-state index in [-0.39, 0.29) is 18.2 Å². The van der Waals surface area contributed by atoms with Gasteiger partial charge in [-0.2, -0.15) is 0 Å². The van der Waals surface area contributed by atoms with Gasteiger partial charge in [-0.3, -0.25) is 4.79 Å². The first kappa shape index (κ1) is 18.0. The Morgan fingerprint density at radius 1 is 1.14 bits per heavy atom. The number of hydrogen-bond donors (Lipinski definition) is 2. The molecule has 0 heterocycles. The van der Waals surface area contributed by atoms with Crippen LogP contribution >= 0.6 is 0 Å². The largest absolute Gasteiger partial charge is 0.493 e. The topological polar surface area (TPSA) is 75.6 Å². The van der Waals surface area contributed by atoms with Gasteiger partial charge in [0, 0.05) is 0 Å². The lowest BCUT2D eigenvalue weighted by Gasteiger charge is -2.17. The summed E-state index contributed by atoms with van der Waals surface area (Å²) < 4.78 is 5.58. The third-order valence-electron chi connectivity index (χ3n) is 3.12. The van der Waals surface area contributed by atoms with Crippen molar-refractivity contribution in [1.82, 2.24) is 5.32 Å². The lowest BCUT2D eigenvalue weighted by Crippen LogP contribution is -2.44. The maximum Gasteiger partial charge on any atom is 0.326 e. The van der Waals surface area contributed by atoms with Crippen molar-refractivity contribution in [3.8, 4) is 5.75 Å². The molecule has 0 aliphatic heterocycles. The second-order valence-corrected chi connectivity index (χ2v) is 6.15. The fourth-order valence-electron chi connectivity index (χ4n) is 1.89. The smallest absolute Gasteiger partial charge is 0.326 e. The van der Waals surface area contributed by atoms with E-state index >= 15 is 0 Å². The van der Waals surface area contributed by atoms with E-state index in [0.29, 0.717) is 12.5 Å². The summed E-state index contributed by atoms with van der Waals surface area (Å²) in [6, 6.07) is 6.42. The Labute approximate surface area is 131 Å². The standard InChI is InChI=1S/C17H25NO4/c1-11(2)10-22-14-7-5-13(6-8-14)9-15(19)18-16(12(3)4)17(20)21/h5-8,11-12,16H,9-10H2,1-4H3,(H,18,19)(H,20,21)/t16-/m0/s1. The third-order valence-corrected chi connectivity index (χ3v) is 3.12. The van der Waals surface area contributed by atoms with Gasteiger partial charge in [0.2, 0.25) is 5.91 Å². The number of ether oxygens (including phenoxy) is 1. The molecule has 0 saturated carbocycles. The van der Waals surface area contributed by atoms with Crippen molar-refractivity contribution >= 4 is 11.9 Å². The van der Waals surface area contributed by atoms with Crippen molar-refractivity contribution < 1.29 is 19.4 Å².